The molecule has 0 aliphatic heterocycles. The SMILES string of the molecule is O=C(CSc1nnnn1-c1ccccc1)Nc1ncc(Cc2ccccc2)s1. The lowest BCUT2D eigenvalue weighted by molar-refractivity contribution is -0.113. The number of para-hydroxylation sites is 1. The number of hydrogen-bond donors (Lipinski definition) is 1. The van der Waals surface area contributed by atoms with Crippen LogP contribution in [0.15, 0.2) is 72.0 Å². The molecule has 7 nitrogen and oxygen atoms in total. The molecule has 0 fully saturated rings. The van der Waals surface area contributed by atoms with Gasteiger partial charge in [-0.2, -0.15) is 4.68 Å². The fourth-order valence-electron chi connectivity index (χ4n) is 2.53. The summed E-state index contributed by atoms with van der Waals surface area (Å²) in [6, 6.07) is 19.7. The third-order valence-electron chi connectivity index (χ3n) is 3.80. The van der Waals surface area contributed by atoms with Crippen molar-refractivity contribution in [1.29, 1.82) is 0 Å². The third-order valence-corrected chi connectivity index (χ3v) is 5.63. The molecule has 4 rings (SSSR count). The molecule has 140 valence electrons. The van der Waals surface area contributed by atoms with Gasteiger partial charge in [0.05, 0.1) is 11.4 Å². The molecule has 2 heterocycles. The predicted octanol–water partition coefficient (Wildman–Crippen LogP) is 3.44. The van der Waals surface area contributed by atoms with E-state index in [2.05, 4.69) is 38.0 Å². The van der Waals surface area contributed by atoms with Crippen molar-refractivity contribution in [3.05, 3.63) is 77.3 Å². The number of carbonyl (C=O) groups excluding carboxylic acids is 1. The largest absolute Gasteiger partial charge is 0.301 e. The van der Waals surface area contributed by atoms with Crippen LogP contribution < -0.4 is 5.32 Å². The average Bonchev–Trinajstić information content (AvgIpc) is 3.37. The van der Waals surface area contributed by atoms with Crippen molar-refractivity contribution in [2.75, 3.05) is 11.1 Å². The summed E-state index contributed by atoms with van der Waals surface area (Å²) in [5.74, 6) is 0.0501. The van der Waals surface area contributed by atoms with E-state index in [4.69, 9.17) is 0 Å². The van der Waals surface area contributed by atoms with E-state index in [9.17, 15) is 4.79 Å². The van der Waals surface area contributed by atoms with Gasteiger partial charge in [0.2, 0.25) is 11.1 Å². The van der Waals surface area contributed by atoms with Crippen LogP contribution in [0.4, 0.5) is 5.13 Å². The van der Waals surface area contributed by atoms with Crippen LogP contribution in [-0.2, 0) is 11.2 Å². The fourth-order valence-corrected chi connectivity index (χ4v) is 4.08. The zero-order chi connectivity index (χ0) is 19.2. The van der Waals surface area contributed by atoms with Gasteiger partial charge in [0.15, 0.2) is 5.13 Å². The Morgan fingerprint density at radius 3 is 2.61 bits per heavy atom. The molecule has 0 bridgehead atoms. The minimum atomic E-state index is -0.145. The maximum Gasteiger partial charge on any atom is 0.236 e. The fraction of sp³-hybridized carbons (Fsp3) is 0.105. The highest BCUT2D eigenvalue weighted by atomic mass is 32.2. The molecular formula is C19H16N6OS2. The molecular weight excluding hydrogens is 392 g/mol. The quantitative estimate of drug-likeness (QED) is 0.472. The van der Waals surface area contributed by atoms with Crippen molar-refractivity contribution in [2.24, 2.45) is 0 Å². The lowest BCUT2D eigenvalue weighted by atomic mass is 10.1. The summed E-state index contributed by atoms with van der Waals surface area (Å²) in [7, 11) is 0. The Bertz CT molecular complexity index is 1050. The first kappa shape index (κ1) is 18.3. The number of thiazole rings is 1. The molecule has 0 aliphatic rings. The lowest BCUT2D eigenvalue weighted by Crippen LogP contribution is -2.14. The zero-order valence-electron chi connectivity index (χ0n) is 14.7. The number of nitrogens with zero attached hydrogens (tertiary/aromatic N) is 5. The van der Waals surface area contributed by atoms with Gasteiger partial charge in [0, 0.05) is 17.5 Å². The third kappa shape index (κ3) is 4.62. The molecule has 2 aromatic carbocycles. The van der Waals surface area contributed by atoms with Crippen LogP contribution in [-0.4, -0.2) is 36.9 Å². The number of anilines is 1. The Labute approximate surface area is 169 Å². The number of thioether (sulfide) groups is 1. The molecule has 9 heteroatoms. The second-order valence-corrected chi connectivity index (χ2v) is 7.90. The maximum absolute atomic E-state index is 12.3. The van der Waals surface area contributed by atoms with Gasteiger partial charge in [-0.05, 0) is 28.1 Å². The molecule has 28 heavy (non-hydrogen) atoms. The summed E-state index contributed by atoms with van der Waals surface area (Å²) in [5.41, 5.74) is 2.06. The summed E-state index contributed by atoms with van der Waals surface area (Å²) in [5, 5.41) is 15.7. The molecule has 0 unspecified atom stereocenters. The van der Waals surface area contributed by atoms with Gasteiger partial charge in [0.25, 0.3) is 0 Å². The number of nitrogens with one attached hydrogen (secondary N) is 1. The summed E-state index contributed by atoms with van der Waals surface area (Å²) in [4.78, 5) is 17.7. The normalized spacial score (nSPS) is 10.7. The number of aromatic nitrogens is 5. The van der Waals surface area contributed by atoms with Gasteiger partial charge in [0.1, 0.15) is 0 Å². The summed E-state index contributed by atoms with van der Waals surface area (Å²) < 4.78 is 1.61. The van der Waals surface area contributed by atoms with Gasteiger partial charge in [-0.3, -0.25) is 4.79 Å². The highest BCUT2D eigenvalue weighted by molar-refractivity contribution is 7.99. The van der Waals surface area contributed by atoms with Crippen molar-refractivity contribution < 1.29 is 4.79 Å². The predicted molar refractivity (Wildman–Crippen MR) is 110 cm³/mol. The Morgan fingerprint density at radius 1 is 1.07 bits per heavy atom. The second-order valence-electron chi connectivity index (χ2n) is 5.84. The van der Waals surface area contributed by atoms with Crippen LogP contribution in [0.1, 0.15) is 10.4 Å². The molecule has 0 spiro atoms. The Kier molecular flexibility index (Phi) is 5.74. The monoisotopic (exact) mass is 408 g/mol. The zero-order valence-corrected chi connectivity index (χ0v) is 16.4. The molecule has 1 N–H and O–H groups in total. The topological polar surface area (TPSA) is 85.6 Å². The van der Waals surface area contributed by atoms with Crippen LogP contribution in [0.5, 0.6) is 0 Å². The number of rotatable bonds is 7. The summed E-state index contributed by atoms with van der Waals surface area (Å²) >= 11 is 2.76. The average molecular weight is 409 g/mol. The molecule has 0 atom stereocenters. The van der Waals surface area contributed by atoms with Crippen molar-refractivity contribution in [3.63, 3.8) is 0 Å². The van der Waals surface area contributed by atoms with E-state index in [-0.39, 0.29) is 11.7 Å². The number of hydrogen-bond acceptors (Lipinski definition) is 7. The number of tetrazole rings is 1. The minimum absolute atomic E-state index is 0.145. The highest BCUT2D eigenvalue weighted by Crippen LogP contribution is 2.22. The lowest BCUT2D eigenvalue weighted by Gasteiger charge is -2.04. The van der Waals surface area contributed by atoms with Crippen LogP contribution in [0.25, 0.3) is 5.69 Å². The van der Waals surface area contributed by atoms with E-state index in [1.54, 1.807) is 10.9 Å². The Morgan fingerprint density at radius 2 is 1.82 bits per heavy atom. The highest BCUT2D eigenvalue weighted by Gasteiger charge is 2.13. The molecule has 0 radical (unpaired) electrons. The minimum Gasteiger partial charge on any atom is -0.301 e. The maximum atomic E-state index is 12.3. The summed E-state index contributed by atoms with van der Waals surface area (Å²) in [6.07, 6.45) is 2.60. The van der Waals surface area contributed by atoms with E-state index < -0.39 is 0 Å². The molecule has 1 amide bonds. The van der Waals surface area contributed by atoms with E-state index in [0.717, 1.165) is 17.0 Å². The Balaban J connectivity index is 1.33. The van der Waals surface area contributed by atoms with Crippen LogP contribution in [0.2, 0.25) is 0 Å². The standard InChI is InChI=1S/C19H16N6OS2/c26-17(13-27-19-22-23-24-25(19)15-9-5-2-6-10-15)21-18-20-12-16(28-18)11-14-7-3-1-4-8-14/h1-10,12H,11,13H2,(H,20,21,26). The van der Waals surface area contributed by atoms with Crippen LogP contribution >= 0.6 is 23.1 Å². The van der Waals surface area contributed by atoms with Gasteiger partial charge in [-0.15, -0.1) is 16.4 Å². The van der Waals surface area contributed by atoms with Gasteiger partial charge in [-0.1, -0.05) is 60.3 Å². The first-order valence-electron chi connectivity index (χ1n) is 8.53. The number of benzene rings is 2. The first-order chi connectivity index (χ1) is 13.8. The van der Waals surface area contributed by atoms with Crippen molar-refractivity contribution in [3.8, 4) is 5.69 Å². The molecule has 0 saturated heterocycles. The van der Waals surface area contributed by atoms with E-state index in [1.165, 1.54) is 28.7 Å². The number of carbonyl (C=O) groups is 1. The van der Waals surface area contributed by atoms with Crippen LogP contribution in [0, 0.1) is 0 Å². The summed E-state index contributed by atoms with van der Waals surface area (Å²) in [6.45, 7) is 0. The van der Waals surface area contributed by atoms with Gasteiger partial charge >= 0.3 is 0 Å². The molecule has 2 aromatic heterocycles. The van der Waals surface area contributed by atoms with Gasteiger partial charge in [-0.25, -0.2) is 4.98 Å². The van der Waals surface area contributed by atoms with E-state index >= 15 is 0 Å². The molecule has 4 aromatic rings. The second kappa shape index (κ2) is 8.77. The van der Waals surface area contributed by atoms with Crippen molar-refractivity contribution in [1.82, 2.24) is 25.2 Å². The molecule has 0 saturated carbocycles. The van der Waals surface area contributed by atoms with Crippen molar-refractivity contribution in [2.45, 2.75) is 11.6 Å². The number of amides is 1. The van der Waals surface area contributed by atoms with Crippen molar-refractivity contribution >= 4 is 34.1 Å². The van der Waals surface area contributed by atoms with E-state index in [0.29, 0.717) is 10.3 Å². The van der Waals surface area contributed by atoms with E-state index in [1.807, 2.05) is 48.5 Å². The smallest absolute Gasteiger partial charge is 0.236 e. The van der Waals surface area contributed by atoms with Crippen LogP contribution in [0.3, 0.4) is 0 Å². The first-order valence-corrected chi connectivity index (χ1v) is 10.3. The Hall–Kier alpha value is -3.04. The van der Waals surface area contributed by atoms with Gasteiger partial charge < -0.3 is 5.32 Å². The molecule has 0 aliphatic carbocycles.